The minimum atomic E-state index is -0.629. The summed E-state index contributed by atoms with van der Waals surface area (Å²) in [5.41, 5.74) is 6.43. The third-order valence-electron chi connectivity index (χ3n) is 2.64. The SMILES string of the molecule is CC(C(=O)N(C)Cc1ccc(Br)cc1)C(N)=NO. The zero-order chi connectivity index (χ0) is 13.7. The summed E-state index contributed by atoms with van der Waals surface area (Å²) in [5.74, 6) is -0.897. The number of benzene rings is 1. The highest BCUT2D eigenvalue weighted by Gasteiger charge is 2.21. The predicted molar refractivity (Wildman–Crippen MR) is 73.2 cm³/mol. The van der Waals surface area contributed by atoms with E-state index < -0.39 is 5.92 Å². The number of nitrogens with two attached hydrogens (primary N) is 1. The van der Waals surface area contributed by atoms with E-state index in [9.17, 15) is 4.79 Å². The standard InChI is InChI=1S/C12H16BrN3O2/c1-8(11(14)15-18)12(17)16(2)7-9-3-5-10(13)6-4-9/h3-6,8,18H,7H2,1-2H3,(H2,14,15). The Morgan fingerprint density at radius 3 is 2.56 bits per heavy atom. The van der Waals surface area contributed by atoms with E-state index in [4.69, 9.17) is 10.9 Å². The number of amides is 1. The van der Waals surface area contributed by atoms with Crippen molar-refractivity contribution in [1.29, 1.82) is 0 Å². The molecule has 18 heavy (non-hydrogen) atoms. The second kappa shape index (κ2) is 6.39. The fourth-order valence-corrected chi connectivity index (χ4v) is 1.75. The van der Waals surface area contributed by atoms with E-state index in [1.54, 1.807) is 18.9 Å². The average Bonchev–Trinajstić information content (AvgIpc) is 2.38. The molecule has 0 spiro atoms. The lowest BCUT2D eigenvalue weighted by atomic mass is 10.1. The third kappa shape index (κ3) is 3.73. The second-order valence-electron chi connectivity index (χ2n) is 4.07. The van der Waals surface area contributed by atoms with Crippen LogP contribution in [-0.2, 0) is 11.3 Å². The van der Waals surface area contributed by atoms with Gasteiger partial charge < -0.3 is 15.8 Å². The number of carbonyl (C=O) groups excluding carboxylic acids is 1. The molecule has 1 atom stereocenters. The van der Waals surface area contributed by atoms with Crippen molar-refractivity contribution in [3.8, 4) is 0 Å². The molecule has 3 N–H and O–H groups in total. The van der Waals surface area contributed by atoms with E-state index in [1.165, 1.54) is 0 Å². The first-order valence-corrected chi connectivity index (χ1v) is 6.22. The second-order valence-corrected chi connectivity index (χ2v) is 4.98. The summed E-state index contributed by atoms with van der Waals surface area (Å²) in [6, 6.07) is 7.70. The van der Waals surface area contributed by atoms with Crippen LogP contribution in [0.4, 0.5) is 0 Å². The van der Waals surface area contributed by atoms with E-state index in [2.05, 4.69) is 21.1 Å². The quantitative estimate of drug-likeness (QED) is 0.385. The summed E-state index contributed by atoms with van der Waals surface area (Å²) in [6.45, 7) is 2.09. The van der Waals surface area contributed by atoms with Gasteiger partial charge in [0.1, 0.15) is 0 Å². The van der Waals surface area contributed by atoms with Crippen molar-refractivity contribution in [3.63, 3.8) is 0 Å². The number of amidine groups is 1. The number of halogens is 1. The van der Waals surface area contributed by atoms with Crippen molar-refractivity contribution in [2.45, 2.75) is 13.5 Å². The molecule has 1 aromatic rings. The highest BCUT2D eigenvalue weighted by atomic mass is 79.9. The lowest BCUT2D eigenvalue weighted by Crippen LogP contribution is -2.38. The van der Waals surface area contributed by atoms with Gasteiger partial charge in [0.2, 0.25) is 5.91 Å². The molecule has 0 saturated heterocycles. The van der Waals surface area contributed by atoms with Crippen LogP contribution in [0.15, 0.2) is 33.9 Å². The van der Waals surface area contributed by atoms with E-state index in [-0.39, 0.29) is 11.7 Å². The molecule has 1 rings (SSSR count). The number of hydrogen-bond acceptors (Lipinski definition) is 3. The summed E-state index contributed by atoms with van der Waals surface area (Å²) in [7, 11) is 1.69. The van der Waals surface area contributed by atoms with Gasteiger partial charge in [-0.2, -0.15) is 0 Å². The summed E-state index contributed by atoms with van der Waals surface area (Å²) in [5, 5.41) is 11.4. The smallest absolute Gasteiger partial charge is 0.233 e. The van der Waals surface area contributed by atoms with E-state index >= 15 is 0 Å². The van der Waals surface area contributed by atoms with Gasteiger partial charge in [0.05, 0.1) is 5.92 Å². The summed E-state index contributed by atoms with van der Waals surface area (Å²) < 4.78 is 0.991. The van der Waals surface area contributed by atoms with Crippen molar-refractivity contribution in [1.82, 2.24) is 4.90 Å². The van der Waals surface area contributed by atoms with Crippen LogP contribution < -0.4 is 5.73 Å². The van der Waals surface area contributed by atoms with Gasteiger partial charge in [-0.25, -0.2) is 0 Å². The highest BCUT2D eigenvalue weighted by Crippen LogP contribution is 2.12. The largest absolute Gasteiger partial charge is 0.409 e. The Kier molecular flexibility index (Phi) is 5.15. The zero-order valence-electron chi connectivity index (χ0n) is 10.3. The zero-order valence-corrected chi connectivity index (χ0v) is 11.9. The number of rotatable bonds is 4. The molecule has 0 saturated carbocycles. The summed E-state index contributed by atoms with van der Waals surface area (Å²) in [4.78, 5) is 13.5. The fraction of sp³-hybridized carbons (Fsp3) is 0.333. The van der Waals surface area contributed by atoms with Gasteiger partial charge in [0.15, 0.2) is 5.84 Å². The molecule has 0 aliphatic carbocycles. The van der Waals surface area contributed by atoms with Crippen molar-refractivity contribution >= 4 is 27.7 Å². The Bertz CT molecular complexity index is 445. The first-order chi connectivity index (χ1) is 8.45. The molecule has 5 nitrogen and oxygen atoms in total. The Morgan fingerprint density at radius 2 is 2.06 bits per heavy atom. The van der Waals surface area contributed by atoms with Gasteiger partial charge in [-0.3, -0.25) is 4.79 Å². The molecule has 1 unspecified atom stereocenters. The topological polar surface area (TPSA) is 78.9 Å². The van der Waals surface area contributed by atoms with Gasteiger partial charge in [0, 0.05) is 18.1 Å². The molecule has 0 aliphatic heterocycles. The first-order valence-electron chi connectivity index (χ1n) is 5.42. The molecule has 1 aromatic carbocycles. The van der Waals surface area contributed by atoms with Gasteiger partial charge >= 0.3 is 0 Å². The molecule has 0 fully saturated rings. The van der Waals surface area contributed by atoms with Crippen LogP contribution in [-0.4, -0.2) is 28.9 Å². The maximum atomic E-state index is 12.0. The molecule has 1 amide bonds. The molecule has 0 radical (unpaired) electrons. The lowest BCUT2D eigenvalue weighted by molar-refractivity contribution is -0.132. The Hall–Kier alpha value is -1.56. The van der Waals surface area contributed by atoms with Gasteiger partial charge in [-0.15, -0.1) is 0 Å². The maximum absolute atomic E-state index is 12.0. The summed E-state index contributed by atoms with van der Waals surface area (Å²) >= 11 is 3.35. The molecule has 6 heteroatoms. The molecule has 98 valence electrons. The van der Waals surface area contributed by atoms with Crippen LogP contribution in [0.1, 0.15) is 12.5 Å². The van der Waals surface area contributed by atoms with Crippen LogP contribution >= 0.6 is 15.9 Å². The van der Waals surface area contributed by atoms with Crippen LogP contribution in [0, 0.1) is 5.92 Å². The number of carbonyl (C=O) groups is 1. The van der Waals surface area contributed by atoms with Crippen LogP contribution in [0.5, 0.6) is 0 Å². The van der Waals surface area contributed by atoms with Gasteiger partial charge in [-0.05, 0) is 24.6 Å². The van der Waals surface area contributed by atoms with Crippen LogP contribution in [0.2, 0.25) is 0 Å². The lowest BCUT2D eigenvalue weighted by Gasteiger charge is -2.20. The predicted octanol–water partition coefficient (Wildman–Crippen LogP) is 1.79. The van der Waals surface area contributed by atoms with E-state index in [0.717, 1.165) is 10.0 Å². The van der Waals surface area contributed by atoms with Gasteiger partial charge in [0.25, 0.3) is 0 Å². The maximum Gasteiger partial charge on any atom is 0.233 e. The minimum Gasteiger partial charge on any atom is -0.409 e. The van der Waals surface area contributed by atoms with Crippen molar-refractivity contribution in [2.24, 2.45) is 16.8 Å². The fourth-order valence-electron chi connectivity index (χ4n) is 1.49. The molecule has 0 bridgehead atoms. The normalized spacial score (nSPS) is 13.2. The van der Waals surface area contributed by atoms with Crippen molar-refractivity contribution < 1.29 is 10.0 Å². The van der Waals surface area contributed by atoms with Crippen molar-refractivity contribution in [2.75, 3.05) is 7.05 Å². The molecular weight excluding hydrogens is 298 g/mol. The molecule has 0 heterocycles. The van der Waals surface area contributed by atoms with Gasteiger partial charge in [-0.1, -0.05) is 33.2 Å². The Balaban J connectivity index is 2.68. The Morgan fingerprint density at radius 1 is 1.50 bits per heavy atom. The van der Waals surface area contributed by atoms with Crippen molar-refractivity contribution in [3.05, 3.63) is 34.3 Å². The minimum absolute atomic E-state index is 0.0809. The molecule has 0 aromatic heterocycles. The number of nitrogens with zero attached hydrogens (tertiary/aromatic N) is 2. The van der Waals surface area contributed by atoms with Crippen LogP contribution in [0.25, 0.3) is 0 Å². The van der Waals surface area contributed by atoms with E-state index in [1.807, 2.05) is 24.3 Å². The number of oxime groups is 1. The highest BCUT2D eigenvalue weighted by molar-refractivity contribution is 9.10. The van der Waals surface area contributed by atoms with Crippen LogP contribution in [0.3, 0.4) is 0 Å². The third-order valence-corrected chi connectivity index (χ3v) is 3.17. The first kappa shape index (κ1) is 14.5. The molecule has 0 aliphatic rings. The number of hydrogen-bond donors (Lipinski definition) is 2. The average molecular weight is 314 g/mol. The summed E-state index contributed by atoms with van der Waals surface area (Å²) in [6.07, 6.45) is 0. The molecular formula is C12H16BrN3O2. The van der Waals surface area contributed by atoms with E-state index in [0.29, 0.717) is 6.54 Å². The monoisotopic (exact) mass is 313 g/mol. The Labute approximate surface area is 114 Å².